The first-order chi connectivity index (χ1) is 7.22. The van der Waals surface area contributed by atoms with E-state index in [9.17, 15) is 4.79 Å². The SMILES string of the molecule is CCCCC(=O)COc1cccc(N)c1. The maximum Gasteiger partial charge on any atom is 0.170 e. The number of anilines is 1. The van der Waals surface area contributed by atoms with Crippen LogP contribution in [0.3, 0.4) is 0 Å². The molecule has 0 saturated heterocycles. The lowest BCUT2D eigenvalue weighted by Gasteiger charge is -2.05. The predicted octanol–water partition coefficient (Wildman–Crippen LogP) is 2.41. The molecule has 0 unspecified atom stereocenters. The van der Waals surface area contributed by atoms with Gasteiger partial charge in [-0.15, -0.1) is 0 Å². The number of ether oxygens (including phenoxy) is 1. The van der Waals surface area contributed by atoms with Crippen LogP contribution in [0.1, 0.15) is 26.2 Å². The third-order valence-electron chi connectivity index (χ3n) is 2.07. The molecule has 1 aromatic carbocycles. The summed E-state index contributed by atoms with van der Waals surface area (Å²) in [6.45, 7) is 2.20. The van der Waals surface area contributed by atoms with Gasteiger partial charge in [-0.05, 0) is 18.6 Å². The summed E-state index contributed by atoms with van der Waals surface area (Å²) in [6.07, 6.45) is 2.56. The first-order valence-electron chi connectivity index (χ1n) is 5.22. The van der Waals surface area contributed by atoms with Crippen molar-refractivity contribution in [2.24, 2.45) is 0 Å². The number of ketones is 1. The summed E-state index contributed by atoms with van der Waals surface area (Å²) in [7, 11) is 0. The molecule has 0 aromatic heterocycles. The quantitative estimate of drug-likeness (QED) is 0.729. The Kier molecular flexibility index (Phi) is 4.68. The van der Waals surface area contributed by atoms with Gasteiger partial charge in [0.1, 0.15) is 12.4 Å². The molecular formula is C12H17NO2. The number of hydrogen-bond acceptors (Lipinski definition) is 3. The maximum atomic E-state index is 11.3. The minimum absolute atomic E-state index is 0.138. The number of nitrogen functional groups attached to an aromatic ring is 1. The Labute approximate surface area is 90.2 Å². The molecule has 1 aromatic rings. The smallest absolute Gasteiger partial charge is 0.170 e. The van der Waals surface area contributed by atoms with Crippen LogP contribution in [-0.2, 0) is 4.79 Å². The van der Waals surface area contributed by atoms with Crippen LogP contribution in [0.25, 0.3) is 0 Å². The van der Waals surface area contributed by atoms with Crippen LogP contribution in [-0.4, -0.2) is 12.4 Å². The van der Waals surface area contributed by atoms with E-state index in [1.807, 2.05) is 0 Å². The fraction of sp³-hybridized carbons (Fsp3) is 0.417. The van der Waals surface area contributed by atoms with Gasteiger partial charge in [0.05, 0.1) is 0 Å². The van der Waals surface area contributed by atoms with Gasteiger partial charge in [-0.3, -0.25) is 4.79 Å². The zero-order valence-electron chi connectivity index (χ0n) is 9.03. The zero-order valence-corrected chi connectivity index (χ0v) is 9.03. The Morgan fingerprint density at radius 1 is 1.47 bits per heavy atom. The van der Waals surface area contributed by atoms with Crippen molar-refractivity contribution in [1.29, 1.82) is 0 Å². The topological polar surface area (TPSA) is 52.3 Å². The van der Waals surface area contributed by atoms with Crippen molar-refractivity contribution >= 4 is 11.5 Å². The molecule has 3 heteroatoms. The highest BCUT2D eigenvalue weighted by Crippen LogP contribution is 2.14. The van der Waals surface area contributed by atoms with Crippen molar-refractivity contribution in [2.75, 3.05) is 12.3 Å². The van der Waals surface area contributed by atoms with Gasteiger partial charge in [-0.1, -0.05) is 19.4 Å². The summed E-state index contributed by atoms with van der Waals surface area (Å²) >= 11 is 0. The Balaban J connectivity index is 2.33. The fourth-order valence-electron chi connectivity index (χ4n) is 1.21. The normalized spacial score (nSPS) is 9.93. The number of carbonyl (C=O) groups excluding carboxylic acids is 1. The van der Waals surface area contributed by atoms with Crippen LogP contribution < -0.4 is 10.5 Å². The minimum Gasteiger partial charge on any atom is -0.486 e. The van der Waals surface area contributed by atoms with Gasteiger partial charge >= 0.3 is 0 Å². The van der Waals surface area contributed by atoms with Crippen LogP contribution >= 0.6 is 0 Å². The van der Waals surface area contributed by atoms with Gasteiger partial charge in [-0.2, -0.15) is 0 Å². The fourth-order valence-corrected chi connectivity index (χ4v) is 1.21. The first-order valence-corrected chi connectivity index (χ1v) is 5.22. The van der Waals surface area contributed by atoms with Crippen LogP contribution in [0.4, 0.5) is 5.69 Å². The third-order valence-corrected chi connectivity index (χ3v) is 2.07. The lowest BCUT2D eigenvalue weighted by Crippen LogP contribution is -2.10. The molecule has 2 N–H and O–H groups in total. The molecule has 15 heavy (non-hydrogen) atoms. The van der Waals surface area contributed by atoms with Crippen molar-refractivity contribution in [3.8, 4) is 5.75 Å². The lowest BCUT2D eigenvalue weighted by atomic mass is 10.2. The number of rotatable bonds is 6. The number of nitrogens with two attached hydrogens (primary N) is 1. The highest BCUT2D eigenvalue weighted by atomic mass is 16.5. The molecular weight excluding hydrogens is 190 g/mol. The van der Waals surface area contributed by atoms with Crippen molar-refractivity contribution in [1.82, 2.24) is 0 Å². The lowest BCUT2D eigenvalue weighted by molar-refractivity contribution is -0.121. The molecule has 0 heterocycles. The molecule has 0 spiro atoms. The van der Waals surface area contributed by atoms with Gasteiger partial charge in [-0.25, -0.2) is 0 Å². The number of hydrogen-bond donors (Lipinski definition) is 1. The molecule has 1 rings (SSSR count). The highest BCUT2D eigenvalue weighted by molar-refractivity contribution is 5.79. The average molecular weight is 207 g/mol. The molecule has 0 aliphatic rings. The molecule has 0 aliphatic carbocycles. The Bertz CT molecular complexity index is 323. The average Bonchev–Trinajstić information content (AvgIpc) is 2.23. The van der Waals surface area contributed by atoms with E-state index in [1.54, 1.807) is 24.3 Å². The van der Waals surface area contributed by atoms with E-state index in [2.05, 4.69) is 6.92 Å². The van der Waals surface area contributed by atoms with E-state index >= 15 is 0 Å². The monoisotopic (exact) mass is 207 g/mol. The van der Waals surface area contributed by atoms with Crippen LogP contribution in [0.5, 0.6) is 5.75 Å². The minimum atomic E-state index is 0.138. The summed E-state index contributed by atoms with van der Waals surface area (Å²) in [5.41, 5.74) is 6.23. The van der Waals surface area contributed by atoms with Gasteiger partial charge in [0.25, 0.3) is 0 Å². The van der Waals surface area contributed by atoms with Gasteiger partial charge < -0.3 is 10.5 Å². The standard InChI is InChI=1S/C12H17NO2/c1-2-3-6-11(14)9-15-12-7-4-5-10(13)8-12/h4-5,7-8H,2-3,6,9,13H2,1H3. The number of benzene rings is 1. The second-order valence-corrected chi connectivity index (χ2v) is 3.50. The van der Waals surface area contributed by atoms with Crippen LogP contribution in [0.2, 0.25) is 0 Å². The van der Waals surface area contributed by atoms with Crippen molar-refractivity contribution in [2.45, 2.75) is 26.2 Å². The summed E-state index contributed by atoms with van der Waals surface area (Å²) in [5, 5.41) is 0. The number of Topliss-reactive ketones (excluding diaryl/α,β-unsaturated/α-hetero) is 1. The van der Waals surface area contributed by atoms with Crippen LogP contribution in [0.15, 0.2) is 24.3 Å². The maximum absolute atomic E-state index is 11.3. The molecule has 3 nitrogen and oxygen atoms in total. The van der Waals surface area contributed by atoms with Crippen molar-refractivity contribution in [3.63, 3.8) is 0 Å². The molecule has 0 atom stereocenters. The zero-order chi connectivity index (χ0) is 11.1. The molecule has 0 saturated carbocycles. The predicted molar refractivity (Wildman–Crippen MR) is 60.9 cm³/mol. The first kappa shape index (κ1) is 11.6. The van der Waals surface area contributed by atoms with E-state index in [1.165, 1.54) is 0 Å². The highest BCUT2D eigenvalue weighted by Gasteiger charge is 2.02. The Morgan fingerprint density at radius 3 is 2.93 bits per heavy atom. The summed E-state index contributed by atoms with van der Waals surface area (Å²) < 4.78 is 5.32. The van der Waals surface area contributed by atoms with Gasteiger partial charge in [0.2, 0.25) is 0 Å². The summed E-state index contributed by atoms with van der Waals surface area (Å²) in [4.78, 5) is 11.3. The van der Waals surface area contributed by atoms with E-state index in [0.717, 1.165) is 12.8 Å². The van der Waals surface area contributed by atoms with E-state index in [4.69, 9.17) is 10.5 Å². The molecule has 0 bridgehead atoms. The number of carbonyl (C=O) groups is 1. The molecule has 82 valence electrons. The summed E-state index contributed by atoms with van der Waals surface area (Å²) in [6, 6.07) is 7.10. The third kappa shape index (κ3) is 4.49. The Morgan fingerprint density at radius 2 is 2.27 bits per heavy atom. The number of unbranched alkanes of at least 4 members (excludes halogenated alkanes) is 1. The largest absolute Gasteiger partial charge is 0.486 e. The van der Waals surface area contributed by atoms with Crippen molar-refractivity contribution in [3.05, 3.63) is 24.3 Å². The van der Waals surface area contributed by atoms with Crippen molar-refractivity contribution < 1.29 is 9.53 Å². The Hall–Kier alpha value is -1.51. The van der Waals surface area contributed by atoms with Crippen LogP contribution in [0, 0.1) is 0 Å². The van der Waals surface area contributed by atoms with Gasteiger partial charge in [0.15, 0.2) is 5.78 Å². The molecule has 0 fully saturated rings. The van der Waals surface area contributed by atoms with E-state index < -0.39 is 0 Å². The summed E-state index contributed by atoms with van der Waals surface area (Å²) in [5.74, 6) is 0.791. The second kappa shape index (κ2) is 6.06. The van der Waals surface area contributed by atoms with E-state index in [-0.39, 0.29) is 12.4 Å². The van der Waals surface area contributed by atoms with Gasteiger partial charge in [0, 0.05) is 18.2 Å². The molecule has 0 aliphatic heterocycles. The van der Waals surface area contributed by atoms with E-state index in [0.29, 0.717) is 17.9 Å². The second-order valence-electron chi connectivity index (χ2n) is 3.50. The molecule has 0 radical (unpaired) electrons. The molecule has 0 amide bonds.